The van der Waals surface area contributed by atoms with E-state index in [1.165, 1.54) is 0 Å². The van der Waals surface area contributed by atoms with Gasteiger partial charge in [-0.15, -0.1) is 0 Å². The highest BCUT2D eigenvalue weighted by Gasteiger charge is 2.17. The first-order chi connectivity index (χ1) is 14.6. The molecule has 1 atom stereocenters. The second-order valence-corrected chi connectivity index (χ2v) is 7.60. The van der Waals surface area contributed by atoms with Crippen molar-refractivity contribution >= 4 is 11.6 Å². The summed E-state index contributed by atoms with van der Waals surface area (Å²) >= 11 is 0. The Morgan fingerprint density at radius 3 is 2.80 bits per heavy atom. The van der Waals surface area contributed by atoms with Crippen LogP contribution in [0.4, 0.5) is 5.69 Å². The van der Waals surface area contributed by atoms with Crippen LogP contribution in [0.5, 0.6) is 5.75 Å². The Kier molecular flexibility index (Phi) is 6.14. The number of nitrogens with zero attached hydrogens (tertiary/aromatic N) is 2. The number of rotatable bonds is 7. The second-order valence-electron chi connectivity index (χ2n) is 7.60. The van der Waals surface area contributed by atoms with Crippen LogP contribution in [0.1, 0.15) is 29.8 Å². The average Bonchev–Trinajstić information content (AvgIpc) is 3.37. The SMILES string of the molecule is Cc1nn(-c2ccccc2)c(C)c1CC(=O)Nc1cccc(OCC2CCCO2)c1. The largest absolute Gasteiger partial charge is 0.491 e. The highest BCUT2D eigenvalue weighted by Crippen LogP contribution is 2.22. The lowest BCUT2D eigenvalue weighted by molar-refractivity contribution is -0.115. The summed E-state index contributed by atoms with van der Waals surface area (Å²) in [5.74, 6) is 0.651. The molecule has 0 radical (unpaired) electrons. The van der Waals surface area contributed by atoms with Gasteiger partial charge >= 0.3 is 0 Å². The van der Waals surface area contributed by atoms with Crippen LogP contribution in [-0.4, -0.2) is 35.0 Å². The Bertz CT molecular complexity index is 1010. The molecular weight excluding hydrogens is 378 g/mol. The standard InChI is InChI=1S/C24H27N3O3/c1-17-23(18(2)27(26-17)20-9-4-3-5-10-20)15-24(28)25-19-8-6-11-21(14-19)30-16-22-12-7-13-29-22/h3-6,8-11,14,22H,7,12-13,15-16H2,1-2H3,(H,25,28). The molecule has 2 aromatic carbocycles. The molecule has 30 heavy (non-hydrogen) atoms. The van der Waals surface area contributed by atoms with Crippen molar-refractivity contribution in [3.63, 3.8) is 0 Å². The lowest BCUT2D eigenvalue weighted by Gasteiger charge is -2.12. The van der Waals surface area contributed by atoms with Crippen molar-refractivity contribution in [2.75, 3.05) is 18.5 Å². The van der Waals surface area contributed by atoms with Gasteiger partial charge < -0.3 is 14.8 Å². The van der Waals surface area contributed by atoms with E-state index in [1.54, 1.807) is 0 Å². The fourth-order valence-corrected chi connectivity index (χ4v) is 3.75. The van der Waals surface area contributed by atoms with Gasteiger partial charge in [0.1, 0.15) is 12.4 Å². The maximum absolute atomic E-state index is 12.7. The minimum Gasteiger partial charge on any atom is -0.491 e. The lowest BCUT2D eigenvalue weighted by atomic mass is 10.1. The van der Waals surface area contributed by atoms with Crippen molar-refractivity contribution in [2.24, 2.45) is 0 Å². The lowest BCUT2D eigenvalue weighted by Crippen LogP contribution is -2.17. The van der Waals surface area contributed by atoms with Crippen molar-refractivity contribution in [3.8, 4) is 11.4 Å². The predicted octanol–water partition coefficient (Wildman–Crippen LogP) is 4.23. The van der Waals surface area contributed by atoms with E-state index in [2.05, 4.69) is 10.4 Å². The number of carbonyl (C=O) groups is 1. The summed E-state index contributed by atoms with van der Waals surface area (Å²) < 4.78 is 13.3. The van der Waals surface area contributed by atoms with Crippen molar-refractivity contribution in [3.05, 3.63) is 71.5 Å². The van der Waals surface area contributed by atoms with Gasteiger partial charge in [-0.25, -0.2) is 4.68 Å². The number of hydrogen-bond donors (Lipinski definition) is 1. The molecule has 1 amide bonds. The Balaban J connectivity index is 1.40. The fraction of sp³-hybridized carbons (Fsp3) is 0.333. The molecule has 6 nitrogen and oxygen atoms in total. The van der Waals surface area contributed by atoms with Gasteiger partial charge in [-0.2, -0.15) is 5.10 Å². The third kappa shape index (κ3) is 4.71. The molecule has 1 saturated heterocycles. The zero-order chi connectivity index (χ0) is 20.9. The number of hydrogen-bond acceptors (Lipinski definition) is 4. The van der Waals surface area contributed by atoms with Crippen LogP contribution < -0.4 is 10.1 Å². The molecule has 1 unspecified atom stereocenters. The van der Waals surface area contributed by atoms with E-state index < -0.39 is 0 Å². The summed E-state index contributed by atoms with van der Waals surface area (Å²) in [7, 11) is 0. The van der Waals surface area contributed by atoms with E-state index in [0.717, 1.165) is 53.5 Å². The minimum atomic E-state index is -0.0786. The number of nitrogens with one attached hydrogen (secondary N) is 1. The summed E-state index contributed by atoms with van der Waals surface area (Å²) in [6.45, 7) is 5.28. The van der Waals surface area contributed by atoms with Crippen molar-refractivity contribution < 1.29 is 14.3 Å². The molecule has 0 aliphatic carbocycles. The predicted molar refractivity (Wildman–Crippen MR) is 116 cm³/mol. The molecule has 4 rings (SSSR count). The normalized spacial score (nSPS) is 15.9. The highest BCUT2D eigenvalue weighted by atomic mass is 16.5. The van der Waals surface area contributed by atoms with Gasteiger partial charge in [0.25, 0.3) is 0 Å². The molecule has 6 heteroatoms. The summed E-state index contributed by atoms with van der Waals surface area (Å²) in [4.78, 5) is 12.7. The molecule has 3 aromatic rings. The number of aryl methyl sites for hydroxylation is 1. The van der Waals surface area contributed by atoms with Crippen molar-refractivity contribution in [2.45, 2.75) is 39.2 Å². The quantitative estimate of drug-likeness (QED) is 0.639. The first-order valence-electron chi connectivity index (χ1n) is 10.3. The molecular formula is C24H27N3O3. The molecule has 2 heterocycles. The number of benzene rings is 2. The molecule has 1 fully saturated rings. The second kappa shape index (κ2) is 9.13. The molecule has 0 bridgehead atoms. The zero-order valence-corrected chi connectivity index (χ0v) is 17.4. The molecule has 0 saturated carbocycles. The summed E-state index contributed by atoms with van der Waals surface area (Å²) in [6.07, 6.45) is 2.55. The van der Waals surface area contributed by atoms with E-state index in [9.17, 15) is 4.79 Å². The fourth-order valence-electron chi connectivity index (χ4n) is 3.75. The molecule has 1 N–H and O–H groups in total. The summed E-state index contributed by atoms with van der Waals surface area (Å²) in [5.41, 5.74) is 4.49. The van der Waals surface area contributed by atoms with Gasteiger partial charge in [-0.1, -0.05) is 24.3 Å². The summed E-state index contributed by atoms with van der Waals surface area (Å²) in [6, 6.07) is 17.4. The number of aromatic nitrogens is 2. The van der Waals surface area contributed by atoms with Crippen LogP contribution in [0, 0.1) is 13.8 Å². The van der Waals surface area contributed by atoms with Crippen molar-refractivity contribution in [1.29, 1.82) is 0 Å². The van der Waals surface area contributed by atoms with Crippen LogP contribution in [0.3, 0.4) is 0 Å². The Morgan fingerprint density at radius 2 is 2.03 bits per heavy atom. The van der Waals surface area contributed by atoms with Gasteiger partial charge in [-0.05, 0) is 51.0 Å². The van der Waals surface area contributed by atoms with Crippen molar-refractivity contribution in [1.82, 2.24) is 9.78 Å². The Morgan fingerprint density at radius 1 is 1.20 bits per heavy atom. The van der Waals surface area contributed by atoms with E-state index in [-0.39, 0.29) is 18.4 Å². The van der Waals surface area contributed by atoms with E-state index in [1.807, 2.05) is 73.1 Å². The minimum absolute atomic E-state index is 0.0786. The number of para-hydroxylation sites is 1. The first kappa shape index (κ1) is 20.2. The third-order valence-electron chi connectivity index (χ3n) is 5.36. The van der Waals surface area contributed by atoms with Crippen LogP contribution in [0.2, 0.25) is 0 Å². The van der Waals surface area contributed by atoms with Gasteiger partial charge in [0, 0.05) is 29.6 Å². The third-order valence-corrected chi connectivity index (χ3v) is 5.36. The average molecular weight is 405 g/mol. The monoisotopic (exact) mass is 405 g/mol. The smallest absolute Gasteiger partial charge is 0.228 e. The Hall–Kier alpha value is -3.12. The number of anilines is 1. The molecule has 156 valence electrons. The van der Waals surface area contributed by atoms with Crippen LogP contribution in [0.25, 0.3) is 5.69 Å². The molecule has 1 aliphatic heterocycles. The van der Waals surface area contributed by atoms with Gasteiger partial charge in [0.15, 0.2) is 0 Å². The van der Waals surface area contributed by atoms with Gasteiger partial charge in [0.2, 0.25) is 5.91 Å². The molecule has 0 spiro atoms. The maximum Gasteiger partial charge on any atom is 0.228 e. The van der Waals surface area contributed by atoms with Crippen LogP contribution in [0.15, 0.2) is 54.6 Å². The zero-order valence-electron chi connectivity index (χ0n) is 17.4. The number of amides is 1. The van der Waals surface area contributed by atoms with Crippen LogP contribution in [-0.2, 0) is 16.0 Å². The van der Waals surface area contributed by atoms with Crippen LogP contribution >= 0.6 is 0 Å². The number of carbonyl (C=O) groups excluding carboxylic acids is 1. The topological polar surface area (TPSA) is 65.4 Å². The number of ether oxygens (including phenoxy) is 2. The van der Waals surface area contributed by atoms with E-state index in [0.29, 0.717) is 6.61 Å². The Labute approximate surface area is 176 Å². The van der Waals surface area contributed by atoms with E-state index in [4.69, 9.17) is 9.47 Å². The van der Waals surface area contributed by atoms with Gasteiger partial charge in [0.05, 0.1) is 23.9 Å². The molecule has 1 aliphatic rings. The molecule has 1 aromatic heterocycles. The highest BCUT2D eigenvalue weighted by molar-refractivity contribution is 5.92. The maximum atomic E-state index is 12.7. The first-order valence-corrected chi connectivity index (χ1v) is 10.3. The summed E-state index contributed by atoms with van der Waals surface area (Å²) in [5, 5.41) is 7.60. The van der Waals surface area contributed by atoms with Gasteiger partial charge in [-0.3, -0.25) is 4.79 Å². The van der Waals surface area contributed by atoms with E-state index >= 15 is 0 Å².